The molecule has 1 aromatic rings. The molecule has 0 heterocycles. The molecule has 5 rings (SSSR count). The van der Waals surface area contributed by atoms with Gasteiger partial charge in [-0.2, -0.15) is 0 Å². The normalized spacial score (nSPS) is 35.5. The molecule has 0 bridgehead atoms. The van der Waals surface area contributed by atoms with Crippen LogP contribution in [0.15, 0.2) is 60.7 Å². The number of carbonyl (C=O) groups excluding carboxylic acids is 1. The van der Waals surface area contributed by atoms with Crippen molar-refractivity contribution in [1.29, 1.82) is 0 Å². The van der Waals surface area contributed by atoms with Crippen LogP contribution in [0.3, 0.4) is 0 Å². The van der Waals surface area contributed by atoms with Crippen molar-refractivity contribution in [2.75, 3.05) is 6.61 Å². The first-order valence-corrected chi connectivity index (χ1v) is 17.0. The van der Waals surface area contributed by atoms with Gasteiger partial charge in [0.05, 0.1) is 5.56 Å². The summed E-state index contributed by atoms with van der Waals surface area (Å²) < 4.78 is 11.6. The van der Waals surface area contributed by atoms with Gasteiger partial charge in [-0.3, -0.25) is 0 Å². The van der Waals surface area contributed by atoms with Gasteiger partial charge < -0.3 is 9.47 Å². The molecule has 3 saturated carbocycles. The minimum Gasteiger partial charge on any atom is -0.490 e. The molecule has 0 amide bonds. The fourth-order valence-electron chi connectivity index (χ4n) is 9.98. The zero-order chi connectivity index (χ0) is 30.1. The van der Waals surface area contributed by atoms with Crippen molar-refractivity contribution in [3.8, 4) is 5.75 Å². The number of benzene rings is 1. The number of rotatable bonds is 10. The van der Waals surface area contributed by atoms with Gasteiger partial charge in [-0.05, 0) is 128 Å². The van der Waals surface area contributed by atoms with E-state index in [9.17, 15) is 4.79 Å². The van der Waals surface area contributed by atoms with Gasteiger partial charge in [0.15, 0.2) is 0 Å². The molecule has 3 fully saturated rings. The summed E-state index contributed by atoms with van der Waals surface area (Å²) in [6.07, 6.45) is 20.4. The highest BCUT2D eigenvalue weighted by atomic mass is 16.5. The highest BCUT2D eigenvalue weighted by Gasteiger charge is 2.59. The minimum absolute atomic E-state index is 0.0276. The molecule has 0 aliphatic heterocycles. The Labute approximate surface area is 256 Å². The van der Waals surface area contributed by atoms with E-state index in [0.29, 0.717) is 29.4 Å². The molecule has 9 atom stereocenters. The van der Waals surface area contributed by atoms with E-state index >= 15 is 0 Å². The second-order valence-electron chi connectivity index (χ2n) is 14.9. The van der Waals surface area contributed by atoms with Crippen LogP contribution in [0, 0.1) is 52.3 Å². The van der Waals surface area contributed by atoms with Crippen molar-refractivity contribution in [2.45, 2.75) is 105 Å². The van der Waals surface area contributed by atoms with Crippen molar-refractivity contribution in [2.24, 2.45) is 52.3 Å². The monoisotopic (exact) mass is 572 g/mol. The molecule has 3 heteroatoms. The van der Waals surface area contributed by atoms with E-state index < -0.39 is 0 Å². The molecule has 0 radical (unpaired) electrons. The molecule has 0 spiro atoms. The van der Waals surface area contributed by atoms with Crippen molar-refractivity contribution < 1.29 is 14.3 Å². The van der Waals surface area contributed by atoms with Crippen LogP contribution >= 0.6 is 0 Å². The van der Waals surface area contributed by atoms with Crippen LogP contribution in [-0.4, -0.2) is 18.7 Å². The van der Waals surface area contributed by atoms with Crippen molar-refractivity contribution in [1.82, 2.24) is 0 Å². The average Bonchev–Trinajstić information content (AvgIpc) is 3.34. The van der Waals surface area contributed by atoms with Gasteiger partial charge in [0.1, 0.15) is 18.5 Å². The van der Waals surface area contributed by atoms with E-state index in [1.54, 1.807) is 23.8 Å². The molecule has 4 aliphatic carbocycles. The van der Waals surface area contributed by atoms with Gasteiger partial charge in [-0.15, -0.1) is 0 Å². The number of esters is 1. The standard InChI is InChI=1S/C39H56O3/c1-8-24-41-31-15-12-29(13-16-31)37(40)42-32-20-22-38(6)30(25-32)14-17-33-35-19-18-34(39(35,7)23-21-36(33)38)27(5)10-11-28(9-2)26(3)4/h8,10-16,26-28,32-36H,1,9,17-25H2,2-7H3/b11-10+/t27-,28+,32-,33+,34+,35+,36+,38+,39-/m1/s1. The summed E-state index contributed by atoms with van der Waals surface area (Å²) in [5.74, 6) is 5.82. The largest absolute Gasteiger partial charge is 0.490 e. The first kappa shape index (κ1) is 31.1. The summed E-state index contributed by atoms with van der Waals surface area (Å²) in [5, 5.41) is 0. The van der Waals surface area contributed by atoms with Gasteiger partial charge in [0.2, 0.25) is 0 Å². The fraction of sp³-hybridized carbons (Fsp3) is 0.667. The van der Waals surface area contributed by atoms with E-state index in [-0.39, 0.29) is 17.5 Å². The summed E-state index contributed by atoms with van der Waals surface area (Å²) >= 11 is 0. The van der Waals surface area contributed by atoms with Crippen LogP contribution < -0.4 is 4.74 Å². The quantitative estimate of drug-likeness (QED) is 0.207. The second kappa shape index (κ2) is 12.7. The zero-order valence-corrected chi connectivity index (χ0v) is 27.2. The van der Waals surface area contributed by atoms with Crippen LogP contribution in [0.4, 0.5) is 0 Å². The van der Waals surface area contributed by atoms with E-state index in [0.717, 1.165) is 54.6 Å². The number of carbonyl (C=O) groups is 1. The molecular weight excluding hydrogens is 516 g/mol. The SMILES string of the molecule is C=CCOc1ccc(C(=O)O[C@@H]2CC[C@@]3(C)C(=CC[C@H]4[C@@H]5CC[C@@H]([C@H](C)/C=C/[C@H](CC)C(C)C)[C@@]5(C)CC[C@@H]43)C2)cc1. The number of hydrogen-bond acceptors (Lipinski definition) is 3. The second-order valence-corrected chi connectivity index (χ2v) is 14.9. The van der Waals surface area contributed by atoms with Crippen LogP contribution in [0.25, 0.3) is 0 Å². The lowest BCUT2D eigenvalue weighted by molar-refractivity contribution is -0.0565. The Kier molecular flexibility index (Phi) is 9.45. The minimum atomic E-state index is -0.222. The third-order valence-corrected chi connectivity index (χ3v) is 12.5. The molecule has 3 nitrogen and oxygen atoms in total. The number of ether oxygens (including phenoxy) is 2. The predicted molar refractivity (Wildman–Crippen MR) is 173 cm³/mol. The lowest BCUT2D eigenvalue weighted by Crippen LogP contribution is -2.51. The van der Waals surface area contributed by atoms with Crippen molar-refractivity contribution >= 4 is 5.97 Å². The topological polar surface area (TPSA) is 35.5 Å². The third-order valence-electron chi connectivity index (χ3n) is 12.5. The number of fused-ring (bicyclic) bond motifs is 5. The molecule has 230 valence electrons. The Hall–Kier alpha value is -2.29. The third kappa shape index (κ3) is 5.91. The molecule has 0 unspecified atom stereocenters. The summed E-state index contributed by atoms with van der Waals surface area (Å²) in [6.45, 7) is 18.9. The summed E-state index contributed by atoms with van der Waals surface area (Å²) in [6, 6.07) is 7.26. The molecule has 0 N–H and O–H groups in total. The van der Waals surface area contributed by atoms with Crippen molar-refractivity contribution in [3.05, 3.63) is 66.3 Å². The van der Waals surface area contributed by atoms with Crippen LogP contribution in [0.5, 0.6) is 5.75 Å². The average molecular weight is 573 g/mol. The smallest absolute Gasteiger partial charge is 0.338 e. The summed E-state index contributed by atoms with van der Waals surface area (Å²) in [5.41, 5.74) is 2.88. The van der Waals surface area contributed by atoms with E-state index in [1.807, 2.05) is 12.1 Å². The Morgan fingerprint density at radius 1 is 1.02 bits per heavy atom. The zero-order valence-electron chi connectivity index (χ0n) is 27.2. The maximum Gasteiger partial charge on any atom is 0.338 e. The molecule has 1 aromatic carbocycles. The molecular formula is C39H56O3. The summed E-state index contributed by atoms with van der Waals surface area (Å²) in [7, 11) is 0. The number of hydrogen-bond donors (Lipinski definition) is 0. The van der Waals surface area contributed by atoms with Gasteiger partial charge in [0, 0.05) is 6.42 Å². The van der Waals surface area contributed by atoms with Gasteiger partial charge in [0.25, 0.3) is 0 Å². The highest BCUT2D eigenvalue weighted by Crippen LogP contribution is 2.67. The fourth-order valence-corrected chi connectivity index (χ4v) is 9.98. The molecule has 0 saturated heterocycles. The lowest BCUT2D eigenvalue weighted by atomic mass is 9.47. The Morgan fingerprint density at radius 2 is 1.79 bits per heavy atom. The molecule has 0 aromatic heterocycles. The Bertz CT molecular complexity index is 1160. The Morgan fingerprint density at radius 3 is 2.48 bits per heavy atom. The lowest BCUT2D eigenvalue weighted by Gasteiger charge is -2.58. The highest BCUT2D eigenvalue weighted by molar-refractivity contribution is 5.89. The molecule has 4 aliphatic rings. The van der Waals surface area contributed by atoms with Crippen molar-refractivity contribution in [3.63, 3.8) is 0 Å². The Balaban J connectivity index is 1.23. The van der Waals surface area contributed by atoms with Crippen LogP contribution in [-0.2, 0) is 4.74 Å². The van der Waals surface area contributed by atoms with Gasteiger partial charge in [-0.1, -0.05) is 78.0 Å². The van der Waals surface area contributed by atoms with Crippen LogP contribution in [0.1, 0.15) is 110 Å². The number of allylic oxidation sites excluding steroid dienone is 3. The van der Waals surface area contributed by atoms with Crippen LogP contribution in [0.2, 0.25) is 0 Å². The first-order valence-electron chi connectivity index (χ1n) is 17.0. The maximum absolute atomic E-state index is 13.0. The molecule has 42 heavy (non-hydrogen) atoms. The van der Waals surface area contributed by atoms with Gasteiger partial charge >= 0.3 is 5.97 Å². The van der Waals surface area contributed by atoms with E-state index in [4.69, 9.17) is 9.47 Å². The predicted octanol–water partition coefficient (Wildman–Crippen LogP) is 10.2. The van der Waals surface area contributed by atoms with Gasteiger partial charge in [-0.25, -0.2) is 4.79 Å². The maximum atomic E-state index is 13.0. The summed E-state index contributed by atoms with van der Waals surface area (Å²) in [4.78, 5) is 13.0. The first-order chi connectivity index (χ1) is 20.1. The van der Waals surface area contributed by atoms with E-state index in [1.165, 1.54) is 38.5 Å². The van der Waals surface area contributed by atoms with E-state index in [2.05, 4.69) is 66.3 Å².